The molecular formula is C65H117NO12. The number of rotatable bonds is 49. The van der Waals surface area contributed by atoms with Gasteiger partial charge in [0, 0.05) is 30.7 Å². The van der Waals surface area contributed by atoms with Crippen molar-refractivity contribution in [3.8, 4) is 5.75 Å². The van der Waals surface area contributed by atoms with E-state index in [0.717, 1.165) is 49.7 Å². The molecule has 13 heteroatoms. The lowest BCUT2D eigenvalue weighted by molar-refractivity contribution is -0.303. The Morgan fingerprint density at radius 3 is 1.46 bits per heavy atom. The van der Waals surface area contributed by atoms with Gasteiger partial charge in [-0.3, -0.25) is 14.4 Å². The zero-order valence-corrected chi connectivity index (χ0v) is 50.7. The first kappa shape index (κ1) is 71.5. The van der Waals surface area contributed by atoms with Crippen LogP contribution in [0.2, 0.25) is 0 Å². The lowest BCUT2D eigenvalue weighted by atomic mass is 9.78. The second-order valence-electron chi connectivity index (χ2n) is 24.0. The van der Waals surface area contributed by atoms with Gasteiger partial charge >= 0.3 is 11.9 Å². The van der Waals surface area contributed by atoms with Crippen LogP contribution in [0.25, 0.3) is 0 Å². The van der Waals surface area contributed by atoms with Gasteiger partial charge in [0.15, 0.2) is 6.29 Å². The van der Waals surface area contributed by atoms with Crippen LogP contribution in [0, 0.1) is 13.8 Å². The predicted octanol–water partition coefficient (Wildman–Crippen LogP) is 13.9. The van der Waals surface area contributed by atoms with Gasteiger partial charge < -0.3 is 49.8 Å². The minimum atomic E-state index is -1.71. The molecule has 454 valence electrons. The third kappa shape index (κ3) is 31.5. The first-order valence-corrected chi connectivity index (χ1v) is 31.9. The van der Waals surface area contributed by atoms with Gasteiger partial charge in [0.2, 0.25) is 5.91 Å². The SMILES string of the molecule is CCCCCCCCCCCCCCCCCCCCCCCCCC(=O)O[C@H](CCCCCCCCCCCCCC)[C@@H](O)[C@H](CO[C@H]1O[C@H](CO)[C@H](O)[C@H](O)[C@H]1O)NC(=O)CC(C)(C)c1c(C)cc(C)cc1OC(C)=O. The summed E-state index contributed by atoms with van der Waals surface area (Å²) in [5.41, 5.74) is 1.53. The summed E-state index contributed by atoms with van der Waals surface area (Å²) >= 11 is 0. The van der Waals surface area contributed by atoms with E-state index in [0.29, 0.717) is 30.6 Å². The molecule has 13 nitrogen and oxygen atoms in total. The Morgan fingerprint density at radius 2 is 1.04 bits per heavy atom. The van der Waals surface area contributed by atoms with E-state index < -0.39 is 85.4 Å². The molecule has 0 aliphatic carbocycles. The van der Waals surface area contributed by atoms with Crippen molar-refractivity contribution in [1.82, 2.24) is 5.32 Å². The minimum Gasteiger partial charge on any atom is -0.460 e. The lowest BCUT2D eigenvalue weighted by Gasteiger charge is -2.40. The van der Waals surface area contributed by atoms with E-state index in [1.807, 2.05) is 33.8 Å². The Morgan fingerprint density at radius 1 is 0.615 bits per heavy atom. The van der Waals surface area contributed by atoms with Gasteiger partial charge in [-0.1, -0.05) is 246 Å². The molecular weight excluding hydrogens is 987 g/mol. The number of unbranched alkanes of at least 4 members (excludes halogenated alkanes) is 33. The van der Waals surface area contributed by atoms with E-state index in [9.17, 15) is 39.9 Å². The molecule has 0 radical (unpaired) electrons. The maximum atomic E-state index is 14.2. The van der Waals surface area contributed by atoms with E-state index in [1.54, 1.807) is 6.07 Å². The molecule has 1 aromatic rings. The van der Waals surface area contributed by atoms with E-state index in [4.69, 9.17) is 18.9 Å². The molecule has 0 bridgehead atoms. The largest absolute Gasteiger partial charge is 0.460 e. The number of carbonyl (C=O) groups is 3. The molecule has 1 aromatic carbocycles. The average Bonchev–Trinajstić information content (AvgIpc) is 3.43. The Hall–Kier alpha value is -2.65. The number of ether oxygens (including phenoxy) is 4. The summed E-state index contributed by atoms with van der Waals surface area (Å²) in [5.74, 6) is -1.03. The molecule has 0 unspecified atom stereocenters. The molecule has 1 fully saturated rings. The van der Waals surface area contributed by atoms with E-state index in [1.165, 1.54) is 180 Å². The summed E-state index contributed by atoms with van der Waals surface area (Å²) in [6.45, 7) is 12.3. The van der Waals surface area contributed by atoms with Gasteiger partial charge in [0.05, 0.1) is 19.3 Å². The zero-order chi connectivity index (χ0) is 57.4. The highest BCUT2D eigenvalue weighted by Gasteiger charge is 2.45. The monoisotopic (exact) mass is 1100 g/mol. The summed E-state index contributed by atoms with van der Waals surface area (Å²) in [6.07, 6.45) is 33.6. The highest BCUT2D eigenvalue weighted by Crippen LogP contribution is 2.38. The van der Waals surface area contributed by atoms with Crippen molar-refractivity contribution in [2.75, 3.05) is 13.2 Å². The molecule has 1 aliphatic heterocycles. The second kappa shape index (κ2) is 44.0. The van der Waals surface area contributed by atoms with Crippen molar-refractivity contribution < 1.29 is 58.9 Å². The van der Waals surface area contributed by atoms with Gasteiger partial charge in [0.1, 0.15) is 42.4 Å². The highest BCUT2D eigenvalue weighted by molar-refractivity contribution is 5.79. The van der Waals surface area contributed by atoms with Crippen molar-refractivity contribution in [1.29, 1.82) is 0 Å². The third-order valence-electron chi connectivity index (χ3n) is 16.0. The van der Waals surface area contributed by atoms with Crippen LogP contribution in [0.15, 0.2) is 12.1 Å². The lowest BCUT2D eigenvalue weighted by Crippen LogP contribution is -2.60. The van der Waals surface area contributed by atoms with Crippen LogP contribution in [0.1, 0.15) is 295 Å². The number of hydrogen-bond acceptors (Lipinski definition) is 12. The fourth-order valence-corrected chi connectivity index (χ4v) is 11.4. The Balaban J connectivity index is 2.02. The molecule has 0 spiro atoms. The van der Waals surface area contributed by atoms with Crippen LogP contribution in [-0.4, -0.2) is 106 Å². The quantitative estimate of drug-likeness (QED) is 0.0205. The maximum Gasteiger partial charge on any atom is 0.308 e. The molecule has 2 rings (SSSR count). The summed E-state index contributed by atoms with van der Waals surface area (Å²) < 4.78 is 23.3. The summed E-state index contributed by atoms with van der Waals surface area (Å²) in [6, 6.07) is 2.53. The molecule has 1 saturated heterocycles. The Labute approximate surface area is 474 Å². The van der Waals surface area contributed by atoms with Crippen molar-refractivity contribution in [3.63, 3.8) is 0 Å². The molecule has 8 atom stereocenters. The minimum absolute atomic E-state index is 0.100. The van der Waals surface area contributed by atoms with Gasteiger partial charge in [0.25, 0.3) is 0 Å². The van der Waals surface area contributed by atoms with Crippen LogP contribution in [-0.2, 0) is 34.0 Å². The maximum absolute atomic E-state index is 14.2. The van der Waals surface area contributed by atoms with Crippen molar-refractivity contribution in [2.24, 2.45) is 0 Å². The fourth-order valence-electron chi connectivity index (χ4n) is 11.4. The van der Waals surface area contributed by atoms with Crippen molar-refractivity contribution >= 4 is 17.8 Å². The number of benzene rings is 1. The first-order valence-electron chi connectivity index (χ1n) is 31.9. The van der Waals surface area contributed by atoms with Gasteiger partial charge in [-0.25, -0.2) is 0 Å². The number of aliphatic hydroxyl groups is 5. The normalized spacial score (nSPS) is 18.9. The van der Waals surface area contributed by atoms with Crippen LogP contribution in [0.4, 0.5) is 0 Å². The average molecular weight is 1100 g/mol. The summed E-state index contributed by atoms with van der Waals surface area (Å²) in [7, 11) is 0. The van der Waals surface area contributed by atoms with Crippen LogP contribution >= 0.6 is 0 Å². The smallest absolute Gasteiger partial charge is 0.308 e. The number of carbonyl (C=O) groups excluding carboxylic acids is 3. The predicted molar refractivity (Wildman–Crippen MR) is 315 cm³/mol. The number of hydrogen-bond donors (Lipinski definition) is 6. The first-order chi connectivity index (χ1) is 37.6. The molecule has 1 aliphatic rings. The zero-order valence-electron chi connectivity index (χ0n) is 50.7. The van der Waals surface area contributed by atoms with Crippen molar-refractivity contribution in [2.45, 2.75) is 347 Å². The molecule has 0 saturated carbocycles. The van der Waals surface area contributed by atoms with Crippen LogP contribution < -0.4 is 10.1 Å². The number of aryl methyl sites for hydroxylation is 2. The van der Waals surface area contributed by atoms with Crippen LogP contribution in [0.3, 0.4) is 0 Å². The molecule has 1 heterocycles. The van der Waals surface area contributed by atoms with Gasteiger partial charge in [-0.2, -0.15) is 0 Å². The van der Waals surface area contributed by atoms with Crippen molar-refractivity contribution in [3.05, 3.63) is 28.8 Å². The Bertz CT molecular complexity index is 1690. The number of amides is 1. The highest BCUT2D eigenvalue weighted by atomic mass is 16.7. The van der Waals surface area contributed by atoms with Gasteiger partial charge in [-0.15, -0.1) is 0 Å². The third-order valence-corrected chi connectivity index (χ3v) is 16.0. The number of esters is 2. The standard InChI is InChI=1S/C65H117NO12/c1-8-10-12-14-16-18-20-22-23-24-25-26-27-28-29-30-31-32-34-36-38-40-42-44-58(70)77-54(43-41-39-37-35-33-21-19-17-15-13-11-9-2)60(71)53(49-75-64-63(74)62(73)61(72)56(48-67)78-64)66-57(69)47-65(6,7)59-51(4)45-50(3)46-55(59)76-52(5)68/h45-46,53-54,56,60-64,67,71-74H,8-44,47-49H2,1-7H3,(H,66,69)/t53-,54+,56+,60-,61-,62-,63+,64-/m0/s1. The molecule has 6 N–H and O–H groups in total. The van der Waals surface area contributed by atoms with E-state index in [2.05, 4.69) is 19.2 Å². The van der Waals surface area contributed by atoms with E-state index >= 15 is 0 Å². The van der Waals surface area contributed by atoms with E-state index in [-0.39, 0.29) is 12.8 Å². The fraction of sp³-hybridized carbons (Fsp3) is 0.862. The topological polar surface area (TPSA) is 201 Å². The summed E-state index contributed by atoms with van der Waals surface area (Å²) in [4.78, 5) is 40.0. The number of aliphatic hydroxyl groups excluding tert-OH is 5. The van der Waals surface area contributed by atoms with Gasteiger partial charge in [-0.05, 0) is 50.3 Å². The van der Waals surface area contributed by atoms with Crippen LogP contribution in [0.5, 0.6) is 5.75 Å². The molecule has 1 amide bonds. The molecule has 0 aromatic heterocycles. The Kier molecular flexibility index (Phi) is 40.3. The summed E-state index contributed by atoms with van der Waals surface area (Å²) in [5, 5.41) is 56.8. The second-order valence-corrected chi connectivity index (χ2v) is 24.0. The number of nitrogens with one attached hydrogen (secondary N) is 1. The molecule has 78 heavy (non-hydrogen) atoms.